The monoisotopic (exact) mass is 494 g/mol. The second-order valence-electron chi connectivity index (χ2n) is 7.25. The van der Waals surface area contributed by atoms with Crippen molar-refractivity contribution in [2.45, 2.75) is 5.16 Å². The molecule has 0 radical (unpaired) electrons. The first-order valence-electron chi connectivity index (χ1n) is 9.97. The highest BCUT2D eigenvalue weighted by atomic mass is 35.5. The number of anilines is 1. The van der Waals surface area contributed by atoms with E-state index < -0.39 is 0 Å². The van der Waals surface area contributed by atoms with Crippen LogP contribution in [-0.4, -0.2) is 26.2 Å². The van der Waals surface area contributed by atoms with Crippen LogP contribution in [-0.2, 0) is 4.79 Å². The van der Waals surface area contributed by atoms with Gasteiger partial charge in [-0.1, -0.05) is 59.2 Å². The van der Waals surface area contributed by atoms with Crippen molar-refractivity contribution in [2.24, 2.45) is 0 Å². The number of benzene rings is 3. The summed E-state index contributed by atoms with van der Waals surface area (Å²) in [6.45, 7) is 0. The average molecular weight is 495 g/mol. The molecule has 2 N–H and O–H groups in total. The molecule has 0 spiro atoms. The van der Waals surface area contributed by atoms with Crippen LogP contribution < -0.4 is 10.9 Å². The minimum atomic E-state index is -0.265. The number of fused-ring (bicyclic) bond motifs is 3. The Hall–Kier alpha value is -3.26. The molecule has 0 aliphatic heterocycles. The Morgan fingerprint density at radius 2 is 1.79 bits per heavy atom. The van der Waals surface area contributed by atoms with E-state index >= 15 is 0 Å². The van der Waals surface area contributed by atoms with Gasteiger partial charge in [0.2, 0.25) is 5.91 Å². The number of halogens is 2. The van der Waals surface area contributed by atoms with Crippen molar-refractivity contribution in [1.82, 2.24) is 14.5 Å². The van der Waals surface area contributed by atoms with Gasteiger partial charge in [-0.05, 0) is 48.5 Å². The number of aromatic nitrogens is 3. The maximum Gasteiger partial charge on any atom is 0.283 e. The van der Waals surface area contributed by atoms with Crippen molar-refractivity contribution in [3.8, 4) is 5.69 Å². The molecule has 2 aromatic heterocycles. The molecule has 0 bridgehead atoms. The number of amides is 1. The lowest BCUT2D eigenvalue weighted by molar-refractivity contribution is -0.113. The van der Waals surface area contributed by atoms with E-state index in [9.17, 15) is 9.59 Å². The molecule has 33 heavy (non-hydrogen) atoms. The molecule has 0 aliphatic carbocycles. The summed E-state index contributed by atoms with van der Waals surface area (Å²) in [6, 6.07) is 21.4. The summed E-state index contributed by atoms with van der Waals surface area (Å²) in [5, 5.41) is 5.14. The summed E-state index contributed by atoms with van der Waals surface area (Å²) in [5.41, 5.74) is 2.72. The number of carbonyl (C=O) groups excluding carboxylic acids is 1. The van der Waals surface area contributed by atoms with E-state index in [1.807, 2.05) is 24.3 Å². The van der Waals surface area contributed by atoms with Gasteiger partial charge in [-0.15, -0.1) is 0 Å². The first-order valence-corrected chi connectivity index (χ1v) is 11.7. The fourth-order valence-corrected chi connectivity index (χ4v) is 4.66. The number of para-hydroxylation sites is 1. The van der Waals surface area contributed by atoms with Crippen molar-refractivity contribution < 1.29 is 4.79 Å². The van der Waals surface area contributed by atoms with Crippen LogP contribution in [0, 0.1) is 0 Å². The van der Waals surface area contributed by atoms with Gasteiger partial charge in [0.05, 0.1) is 11.4 Å². The number of nitrogens with one attached hydrogen (secondary N) is 2. The van der Waals surface area contributed by atoms with Gasteiger partial charge in [0.1, 0.15) is 11.0 Å². The van der Waals surface area contributed by atoms with Crippen molar-refractivity contribution in [3.05, 3.63) is 93.2 Å². The molecule has 2 heterocycles. The smallest absolute Gasteiger partial charge is 0.283 e. The molecule has 0 unspecified atom stereocenters. The maximum atomic E-state index is 13.5. The van der Waals surface area contributed by atoms with Crippen LogP contribution >= 0.6 is 35.0 Å². The third kappa shape index (κ3) is 4.35. The first kappa shape index (κ1) is 21.6. The average Bonchev–Trinajstić information content (AvgIpc) is 3.18. The third-order valence-electron chi connectivity index (χ3n) is 5.02. The zero-order valence-electron chi connectivity index (χ0n) is 17.0. The van der Waals surface area contributed by atoms with Crippen molar-refractivity contribution in [1.29, 1.82) is 0 Å². The lowest BCUT2D eigenvalue weighted by atomic mass is 10.2. The molecule has 0 saturated carbocycles. The molecule has 5 aromatic rings. The largest absolute Gasteiger partial charge is 0.349 e. The molecular weight excluding hydrogens is 479 g/mol. The van der Waals surface area contributed by atoms with Crippen LogP contribution in [0.1, 0.15) is 0 Å². The zero-order chi connectivity index (χ0) is 22.9. The van der Waals surface area contributed by atoms with E-state index in [2.05, 4.69) is 10.3 Å². The summed E-state index contributed by atoms with van der Waals surface area (Å²) in [6.07, 6.45) is 0. The Kier molecular flexibility index (Phi) is 5.85. The fourth-order valence-electron chi connectivity index (χ4n) is 3.54. The number of H-pyrrole nitrogens is 1. The van der Waals surface area contributed by atoms with Gasteiger partial charge < -0.3 is 10.3 Å². The van der Waals surface area contributed by atoms with Crippen LogP contribution in [0.15, 0.2) is 82.7 Å². The SMILES string of the molecule is O=C(CSc1nc2c([nH]c3ccccc32)c(=O)n1-c1cccc(Cl)c1)Nc1ccc(Cl)cc1. The second-order valence-corrected chi connectivity index (χ2v) is 9.07. The van der Waals surface area contributed by atoms with Gasteiger partial charge >= 0.3 is 0 Å². The van der Waals surface area contributed by atoms with E-state index in [-0.39, 0.29) is 17.2 Å². The Bertz CT molecular complexity index is 1560. The number of aromatic amines is 1. The van der Waals surface area contributed by atoms with Gasteiger partial charge in [-0.3, -0.25) is 14.2 Å². The highest BCUT2D eigenvalue weighted by molar-refractivity contribution is 7.99. The van der Waals surface area contributed by atoms with E-state index in [0.29, 0.717) is 37.6 Å². The van der Waals surface area contributed by atoms with Crippen molar-refractivity contribution in [2.75, 3.05) is 11.1 Å². The van der Waals surface area contributed by atoms with Crippen molar-refractivity contribution >= 4 is 68.5 Å². The number of hydrogen-bond donors (Lipinski definition) is 2. The Labute approximate surface area is 202 Å². The number of carbonyl (C=O) groups is 1. The molecule has 0 saturated heterocycles. The number of rotatable bonds is 5. The Balaban J connectivity index is 1.56. The van der Waals surface area contributed by atoms with Crippen LogP contribution in [0.25, 0.3) is 27.6 Å². The standard InChI is InChI=1S/C24H16Cl2N4O2S/c25-14-8-10-16(11-9-14)27-20(31)13-33-24-29-21-18-6-1-2-7-19(18)28-22(21)23(32)30(24)17-5-3-4-15(26)12-17/h1-12,28H,13H2,(H,27,31). The van der Waals surface area contributed by atoms with Crippen LogP contribution in [0.3, 0.4) is 0 Å². The molecule has 164 valence electrons. The zero-order valence-corrected chi connectivity index (χ0v) is 19.3. The van der Waals surface area contributed by atoms with Gasteiger partial charge in [0.25, 0.3) is 5.56 Å². The number of hydrogen-bond acceptors (Lipinski definition) is 4. The fraction of sp³-hybridized carbons (Fsp3) is 0.0417. The third-order valence-corrected chi connectivity index (χ3v) is 6.45. The quantitative estimate of drug-likeness (QED) is 0.235. The molecular formula is C24H16Cl2N4O2S. The normalized spacial score (nSPS) is 11.2. The maximum absolute atomic E-state index is 13.5. The number of nitrogens with zero attached hydrogens (tertiary/aromatic N) is 2. The molecule has 0 atom stereocenters. The highest BCUT2D eigenvalue weighted by Gasteiger charge is 2.18. The minimum Gasteiger partial charge on any atom is -0.349 e. The molecule has 6 nitrogen and oxygen atoms in total. The lowest BCUT2D eigenvalue weighted by Gasteiger charge is -2.12. The van der Waals surface area contributed by atoms with Gasteiger partial charge in [-0.25, -0.2) is 4.98 Å². The van der Waals surface area contributed by atoms with E-state index in [1.165, 1.54) is 16.3 Å². The topological polar surface area (TPSA) is 79.8 Å². The van der Waals surface area contributed by atoms with E-state index in [4.69, 9.17) is 28.2 Å². The minimum absolute atomic E-state index is 0.0590. The summed E-state index contributed by atoms with van der Waals surface area (Å²) in [4.78, 5) is 34.0. The highest BCUT2D eigenvalue weighted by Crippen LogP contribution is 2.27. The van der Waals surface area contributed by atoms with Gasteiger partial charge in [0, 0.05) is 26.6 Å². The van der Waals surface area contributed by atoms with Gasteiger partial charge in [-0.2, -0.15) is 0 Å². The predicted octanol–water partition coefficient (Wildman–Crippen LogP) is 5.90. The molecule has 5 rings (SSSR count). The Morgan fingerprint density at radius 1 is 1.00 bits per heavy atom. The molecule has 3 aromatic carbocycles. The predicted molar refractivity (Wildman–Crippen MR) is 135 cm³/mol. The molecule has 9 heteroatoms. The summed E-state index contributed by atoms with van der Waals surface area (Å²) in [7, 11) is 0. The van der Waals surface area contributed by atoms with Crippen molar-refractivity contribution in [3.63, 3.8) is 0 Å². The molecule has 0 aliphatic rings. The summed E-state index contributed by atoms with van der Waals surface area (Å²) < 4.78 is 1.48. The van der Waals surface area contributed by atoms with Crippen LogP contribution in [0.2, 0.25) is 10.0 Å². The summed E-state index contributed by atoms with van der Waals surface area (Å²) in [5.74, 6) is -0.169. The summed E-state index contributed by atoms with van der Waals surface area (Å²) >= 11 is 13.3. The van der Waals surface area contributed by atoms with E-state index in [0.717, 1.165) is 10.9 Å². The van der Waals surface area contributed by atoms with Gasteiger partial charge in [0.15, 0.2) is 5.16 Å². The molecule has 1 amide bonds. The lowest BCUT2D eigenvalue weighted by Crippen LogP contribution is -2.23. The van der Waals surface area contributed by atoms with Crippen LogP contribution in [0.4, 0.5) is 5.69 Å². The molecule has 0 fully saturated rings. The Morgan fingerprint density at radius 3 is 2.58 bits per heavy atom. The number of thioether (sulfide) groups is 1. The first-order chi connectivity index (χ1) is 16.0. The van der Waals surface area contributed by atoms with E-state index in [1.54, 1.807) is 48.5 Å². The second kappa shape index (κ2) is 8.94. The van der Waals surface area contributed by atoms with Crippen LogP contribution in [0.5, 0.6) is 0 Å².